The SMILES string of the molecule is COc1ccc2nc(NC(=O)[C@H]3CCCN3S(=O)(=O)c3ccc(C)cc3)sc2c1. The molecular weight excluding hydrogens is 410 g/mol. The summed E-state index contributed by atoms with van der Waals surface area (Å²) >= 11 is 1.33. The fourth-order valence-corrected chi connectivity index (χ4v) is 5.96. The van der Waals surface area contributed by atoms with Gasteiger partial charge in [0.25, 0.3) is 0 Å². The molecule has 1 aromatic heterocycles. The van der Waals surface area contributed by atoms with Crippen molar-refractivity contribution in [3.05, 3.63) is 48.0 Å². The molecule has 1 amide bonds. The van der Waals surface area contributed by atoms with Crippen molar-refractivity contribution in [1.82, 2.24) is 9.29 Å². The number of aryl methyl sites for hydroxylation is 1. The molecule has 7 nitrogen and oxygen atoms in total. The number of aromatic nitrogens is 1. The Balaban J connectivity index is 1.55. The van der Waals surface area contributed by atoms with E-state index in [0.29, 0.717) is 30.3 Å². The van der Waals surface area contributed by atoms with Gasteiger partial charge in [0.1, 0.15) is 11.8 Å². The molecule has 3 aromatic rings. The molecule has 2 heterocycles. The smallest absolute Gasteiger partial charge is 0.244 e. The van der Waals surface area contributed by atoms with Crippen LogP contribution >= 0.6 is 11.3 Å². The van der Waals surface area contributed by atoms with Gasteiger partial charge < -0.3 is 10.1 Å². The van der Waals surface area contributed by atoms with Crippen LogP contribution in [-0.4, -0.2) is 43.3 Å². The van der Waals surface area contributed by atoms with Gasteiger partial charge in [0.15, 0.2) is 5.13 Å². The molecule has 0 radical (unpaired) electrons. The van der Waals surface area contributed by atoms with E-state index in [9.17, 15) is 13.2 Å². The summed E-state index contributed by atoms with van der Waals surface area (Å²) < 4.78 is 33.5. The lowest BCUT2D eigenvalue weighted by atomic mass is 10.2. The highest BCUT2D eigenvalue weighted by Crippen LogP contribution is 2.31. The van der Waals surface area contributed by atoms with Gasteiger partial charge in [0.05, 0.1) is 22.2 Å². The van der Waals surface area contributed by atoms with Gasteiger partial charge in [-0.15, -0.1) is 0 Å². The number of ether oxygens (including phenoxy) is 1. The van der Waals surface area contributed by atoms with Gasteiger partial charge in [0, 0.05) is 6.54 Å². The highest BCUT2D eigenvalue weighted by molar-refractivity contribution is 7.89. The summed E-state index contributed by atoms with van der Waals surface area (Å²) in [5.74, 6) is 0.356. The van der Waals surface area contributed by atoms with Crippen LogP contribution < -0.4 is 10.1 Å². The zero-order valence-electron chi connectivity index (χ0n) is 16.1. The number of nitrogens with one attached hydrogen (secondary N) is 1. The van der Waals surface area contributed by atoms with Crippen molar-refractivity contribution in [3.63, 3.8) is 0 Å². The Bertz CT molecular complexity index is 1160. The van der Waals surface area contributed by atoms with Crippen molar-refractivity contribution in [1.29, 1.82) is 0 Å². The van der Waals surface area contributed by atoms with E-state index in [1.165, 1.54) is 15.6 Å². The monoisotopic (exact) mass is 431 g/mol. The molecule has 0 aliphatic carbocycles. The number of fused-ring (bicyclic) bond motifs is 1. The molecule has 1 atom stereocenters. The molecule has 2 aromatic carbocycles. The number of sulfonamides is 1. The van der Waals surface area contributed by atoms with E-state index in [2.05, 4.69) is 10.3 Å². The average molecular weight is 432 g/mol. The Hall–Kier alpha value is -2.49. The first-order valence-corrected chi connectivity index (χ1v) is 11.5. The second kappa shape index (κ2) is 7.74. The number of hydrogen-bond acceptors (Lipinski definition) is 6. The summed E-state index contributed by atoms with van der Waals surface area (Å²) in [7, 11) is -2.15. The predicted molar refractivity (Wildman–Crippen MR) is 113 cm³/mol. The first-order chi connectivity index (χ1) is 13.9. The first kappa shape index (κ1) is 19.8. The van der Waals surface area contributed by atoms with Gasteiger partial charge in [0.2, 0.25) is 15.9 Å². The summed E-state index contributed by atoms with van der Waals surface area (Å²) in [4.78, 5) is 17.5. The minimum Gasteiger partial charge on any atom is -0.497 e. The van der Waals surface area contributed by atoms with Crippen molar-refractivity contribution >= 4 is 42.6 Å². The van der Waals surface area contributed by atoms with Crippen molar-refractivity contribution in [3.8, 4) is 5.75 Å². The Labute approximate surface area is 173 Å². The molecule has 1 fully saturated rings. The Morgan fingerprint density at radius 3 is 2.72 bits per heavy atom. The van der Waals surface area contributed by atoms with Crippen LogP contribution in [0.3, 0.4) is 0 Å². The van der Waals surface area contributed by atoms with Crippen molar-refractivity contribution in [2.45, 2.75) is 30.7 Å². The van der Waals surface area contributed by atoms with E-state index in [-0.39, 0.29) is 10.8 Å². The maximum absolute atomic E-state index is 13.0. The van der Waals surface area contributed by atoms with E-state index in [1.807, 2.05) is 19.1 Å². The molecule has 0 spiro atoms. The van der Waals surface area contributed by atoms with Gasteiger partial charge in [-0.1, -0.05) is 29.0 Å². The molecule has 0 unspecified atom stereocenters. The average Bonchev–Trinajstić information content (AvgIpc) is 3.34. The lowest BCUT2D eigenvalue weighted by molar-refractivity contribution is -0.119. The number of anilines is 1. The normalized spacial score (nSPS) is 17.5. The summed E-state index contributed by atoms with van der Waals surface area (Å²) in [5.41, 5.74) is 1.73. The number of carbonyl (C=O) groups excluding carboxylic acids is 1. The van der Waals surface area contributed by atoms with Crippen LogP contribution in [0.25, 0.3) is 10.2 Å². The summed E-state index contributed by atoms with van der Waals surface area (Å²) in [6.45, 7) is 2.22. The zero-order valence-corrected chi connectivity index (χ0v) is 17.7. The van der Waals surface area contributed by atoms with E-state index < -0.39 is 16.1 Å². The third-order valence-electron chi connectivity index (χ3n) is 4.96. The van der Waals surface area contributed by atoms with Crippen LogP contribution in [0, 0.1) is 6.92 Å². The third-order valence-corrected chi connectivity index (χ3v) is 7.82. The van der Waals surface area contributed by atoms with Gasteiger partial charge in [-0.25, -0.2) is 13.4 Å². The van der Waals surface area contributed by atoms with Gasteiger partial charge >= 0.3 is 0 Å². The van der Waals surface area contributed by atoms with Crippen LogP contribution in [0.1, 0.15) is 18.4 Å². The van der Waals surface area contributed by atoms with Gasteiger partial charge in [-0.2, -0.15) is 4.31 Å². The largest absolute Gasteiger partial charge is 0.497 e. The molecule has 29 heavy (non-hydrogen) atoms. The molecular formula is C20H21N3O4S2. The lowest BCUT2D eigenvalue weighted by Gasteiger charge is -2.23. The molecule has 0 saturated carbocycles. The summed E-state index contributed by atoms with van der Waals surface area (Å²) in [6.07, 6.45) is 1.12. The van der Waals surface area contributed by atoms with Crippen LogP contribution in [-0.2, 0) is 14.8 Å². The van der Waals surface area contributed by atoms with Crippen molar-refractivity contribution in [2.24, 2.45) is 0 Å². The number of rotatable bonds is 5. The minimum atomic E-state index is -3.74. The third kappa shape index (κ3) is 3.85. The van der Waals surface area contributed by atoms with Crippen molar-refractivity contribution in [2.75, 3.05) is 19.0 Å². The molecule has 1 saturated heterocycles. The lowest BCUT2D eigenvalue weighted by Crippen LogP contribution is -2.43. The number of methoxy groups -OCH3 is 1. The van der Waals surface area contributed by atoms with Crippen LogP contribution in [0.5, 0.6) is 5.75 Å². The molecule has 1 N–H and O–H groups in total. The fourth-order valence-electron chi connectivity index (χ4n) is 3.41. The van der Waals surface area contributed by atoms with Crippen LogP contribution in [0.4, 0.5) is 5.13 Å². The van der Waals surface area contributed by atoms with Crippen LogP contribution in [0.15, 0.2) is 47.4 Å². The van der Waals surface area contributed by atoms with E-state index in [0.717, 1.165) is 15.8 Å². The minimum absolute atomic E-state index is 0.204. The van der Waals surface area contributed by atoms with E-state index in [4.69, 9.17) is 4.74 Å². The van der Waals surface area contributed by atoms with E-state index in [1.54, 1.807) is 37.4 Å². The second-order valence-electron chi connectivity index (χ2n) is 6.93. The number of thiazole rings is 1. The van der Waals surface area contributed by atoms with Gasteiger partial charge in [-0.05, 0) is 50.1 Å². The zero-order chi connectivity index (χ0) is 20.6. The molecule has 9 heteroatoms. The number of nitrogens with zero attached hydrogens (tertiary/aromatic N) is 2. The Kier molecular flexibility index (Phi) is 5.28. The quantitative estimate of drug-likeness (QED) is 0.669. The maximum Gasteiger partial charge on any atom is 0.244 e. The summed E-state index contributed by atoms with van der Waals surface area (Å²) in [5, 5.41) is 3.24. The number of carbonyl (C=O) groups is 1. The molecule has 4 rings (SSSR count). The summed E-state index contributed by atoms with van der Waals surface area (Å²) in [6, 6.07) is 11.4. The highest BCUT2D eigenvalue weighted by atomic mass is 32.2. The predicted octanol–water partition coefficient (Wildman–Crippen LogP) is 3.41. The van der Waals surface area contributed by atoms with E-state index >= 15 is 0 Å². The fraction of sp³-hybridized carbons (Fsp3) is 0.300. The number of hydrogen-bond donors (Lipinski definition) is 1. The van der Waals surface area contributed by atoms with Gasteiger partial charge in [-0.3, -0.25) is 4.79 Å². The molecule has 1 aliphatic heterocycles. The molecule has 152 valence electrons. The Morgan fingerprint density at radius 1 is 1.24 bits per heavy atom. The Morgan fingerprint density at radius 2 is 2.00 bits per heavy atom. The standard InChI is InChI=1S/C20H21N3O4S2/c1-13-5-8-15(9-6-13)29(25,26)23-11-3-4-17(23)19(24)22-20-21-16-10-7-14(27-2)12-18(16)28-20/h5-10,12,17H,3-4,11H2,1-2H3,(H,21,22,24)/t17-/m1/s1. The second-order valence-corrected chi connectivity index (χ2v) is 9.85. The number of amides is 1. The van der Waals surface area contributed by atoms with Crippen molar-refractivity contribution < 1.29 is 17.9 Å². The number of benzene rings is 2. The highest BCUT2D eigenvalue weighted by Gasteiger charge is 2.39. The molecule has 1 aliphatic rings. The first-order valence-electron chi connectivity index (χ1n) is 9.22. The molecule has 0 bridgehead atoms. The maximum atomic E-state index is 13.0. The van der Waals surface area contributed by atoms with Crippen LogP contribution in [0.2, 0.25) is 0 Å². The topological polar surface area (TPSA) is 88.6 Å².